The van der Waals surface area contributed by atoms with E-state index in [1.165, 1.54) is 24.1 Å². The van der Waals surface area contributed by atoms with Crippen LogP contribution in [0.3, 0.4) is 0 Å². The fraction of sp³-hybridized carbons (Fsp3) is 0.333. The van der Waals surface area contributed by atoms with Crippen molar-refractivity contribution < 1.29 is 4.79 Å². The van der Waals surface area contributed by atoms with Gasteiger partial charge < -0.3 is 4.57 Å². The van der Waals surface area contributed by atoms with E-state index >= 15 is 0 Å². The average molecular weight is 366 g/mol. The number of carbonyl (C=O) groups excluding carboxylic acids is 1. The Hall–Kier alpha value is -2.27. The Kier molecular flexibility index (Phi) is 4.72. The van der Waals surface area contributed by atoms with Crippen LogP contribution in [0, 0.1) is 13.8 Å². The van der Waals surface area contributed by atoms with Crippen LogP contribution in [0.25, 0.3) is 5.69 Å². The van der Waals surface area contributed by atoms with E-state index in [9.17, 15) is 4.79 Å². The van der Waals surface area contributed by atoms with Gasteiger partial charge in [-0.05, 0) is 56.5 Å². The van der Waals surface area contributed by atoms with Crippen LogP contribution in [0.5, 0.6) is 0 Å². The zero-order valence-electron chi connectivity index (χ0n) is 15.2. The van der Waals surface area contributed by atoms with Gasteiger partial charge in [-0.15, -0.1) is 11.8 Å². The molecule has 1 aliphatic carbocycles. The van der Waals surface area contributed by atoms with Gasteiger partial charge in [-0.2, -0.15) is 5.10 Å². The largest absolute Gasteiger partial charge is 0.345 e. The molecule has 1 aliphatic rings. The highest BCUT2D eigenvalue weighted by Gasteiger charge is 2.28. The summed E-state index contributed by atoms with van der Waals surface area (Å²) in [4.78, 5) is 12.6. The normalized spacial score (nSPS) is 13.9. The van der Waals surface area contributed by atoms with Crippen LogP contribution in [0.1, 0.15) is 46.2 Å². The molecule has 1 saturated carbocycles. The molecule has 4 nitrogen and oxygen atoms in total. The summed E-state index contributed by atoms with van der Waals surface area (Å²) in [5.74, 6) is 1.60. The maximum absolute atomic E-state index is 12.6. The monoisotopic (exact) mass is 365 g/mol. The number of aryl methyl sites for hydroxylation is 1. The molecule has 1 aromatic carbocycles. The van der Waals surface area contributed by atoms with E-state index in [-0.39, 0.29) is 5.78 Å². The van der Waals surface area contributed by atoms with E-state index in [4.69, 9.17) is 0 Å². The van der Waals surface area contributed by atoms with Gasteiger partial charge in [-0.3, -0.25) is 4.79 Å². The standard InChI is InChI=1S/C21H23N3OS/c1-15-12-20(16(2)24(15)19-8-9-19)21(25)14-26-13-17-4-6-18(7-5-17)23-11-3-10-22-23/h3-7,10-12,19H,8-9,13-14H2,1-2H3. The highest BCUT2D eigenvalue weighted by atomic mass is 32.2. The van der Waals surface area contributed by atoms with Crippen LogP contribution in [0.4, 0.5) is 0 Å². The summed E-state index contributed by atoms with van der Waals surface area (Å²) in [6.07, 6.45) is 6.19. The van der Waals surface area contributed by atoms with E-state index in [2.05, 4.69) is 53.8 Å². The SMILES string of the molecule is Cc1cc(C(=O)CSCc2ccc(-n3cccn3)cc2)c(C)n1C1CC1. The van der Waals surface area contributed by atoms with Crippen molar-refractivity contribution in [3.63, 3.8) is 0 Å². The van der Waals surface area contributed by atoms with E-state index in [1.54, 1.807) is 18.0 Å². The van der Waals surface area contributed by atoms with Crippen molar-refractivity contribution in [1.82, 2.24) is 14.3 Å². The molecule has 26 heavy (non-hydrogen) atoms. The van der Waals surface area contributed by atoms with E-state index < -0.39 is 0 Å². The molecule has 0 atom stereocenters. The number of carbonyl (C=O) groups is 1. The molecule has 0 spiro atoms. The molecule has 134 valence electrons. The lowest BCUT2D eigenvalue weighted by Gasteiger charge is -2.07. The third-order valence-electron chi connectivity index (χ3n) is 4.90. The summed E-state index contributed by atoms with van der Waals surface area (Å²) in [6, 6.07) is 12.9. The van der Waals surface area contributed by atoms with E-state index in [1.807, 2.05) is 16.9 Å². The second-order valence-corrected chi connectivity index (χ2v) is 7.90. The first-order valence-corrected chi connectivity index (χ1v) is 10.2. The molecule has 0 amide bonds. The Morgan fingerprint density at radius 3 is 2.65 bits per heavy atom. The minimum Gasteiger partial charge on any atom is -0.345 e. The van der Waals surface area contributed by atoms with Crippen molar-refractivity contribution in [3.8, 4) is 5.69 Å². The lowest BCUT2D eigenvalue weighted by molar-refractivity contribution is 0.102. The first-order valence-electron chi connectivity index (χ1n) is 9.02. The second-order valence-electron chi connectivity index (χ2n) is 6.92. The first-order chi connectivity index (χ1) is 12.6. The van der Waals surface area contributed by atoms with Crippen LogP contribution in [0.2, 0.25) is 0 Å². The van der Waals surface area contributed by atoms with Crippen LogP contribution in [-0.4, -0.2) is 25.9 Å². The number of thioether (sulfide) groups is 1. The fourth-order valence-electron chi connectivity index (χ4n) is 3.46. The zero-order valence-corrected chi connectivity index (χ0v) is 16.0. The third kappa shape index (κ3) is 3.49. The van der Waals surface area contributed by atoms with Crippen molar-refractivity contribution in [2.24, 2.45) is 0 Å². The molecule has 0 radical (unpaired) electrons. The number of rotatable bonds is 7. The Balaban J connectivity index is 1.34. The Morgan fingerprint density at radius 2 is 2.00 bits per heavy atom. The highest BCUT2D eigenvalue weighted by Crippen LogP contribution is 2.38. The van der Waals surface area contributed by atoms with Crippen LogP contribution in [0.15, 0.2) is 48.8 Å². The average Bonchev–Trinajstić information content (AvgIpc) is 3.21. The highest BCUT2D eigenvalue weighted by molar-refractivity contribution is 7.99. The smallest absolute Gasteiger partial charge is 0.174 e. The summed E-state index contributed by atoms with van der Waals surface area (Å²) in [5, 5.41) is 4.23. The summed E-state index contributed by atoms with van der Waals surface area (Å²) < 4.78 is 4.18. The quantitative estimate of drug-likeness (QED) is 0.568. The van der Waals surface area contributed by atoms with Crippen molar-refractivity contribution >= 4 is 17.5 Å². The molecular weight excluding hydrogens is 342 g/mol. The van der Waals surface area contributed by atoms with Crippen LogP contribution >= 0.6 is 11.8 Å². The number of hydrogen-bond donors (Lipinski definition) is 0. The molecule has 0 unspecified atom stereocenters. The number of hydrogen-bond acceptors (Lipinski definition) is 3. The topological polar surface area (TPSA) is 39.8 Å². The molecule has 3 aromatic rings. The maximum Gasteiger partial charge on any atom is 0.174 e. The Labute approximate surface area is 158 Å². The molecule has 4 rings (SSSR count). The molecule has 0 saturated heterocycles. The second kappa shape index (κ2) is 7.16. The van der Waals surface area contributed by atoms with Crippen LogP contribution < -0.4 is 0 Å². The van der Waals surface area contributed by atoms with Gasteiger partial charge in [0, 0.05) is 41.1 Å². The molecule has 0 N–H and O–H groups in total. The number of nitrogens with zero attached hydrogens (tertiary/aromatic N) is 3. The van der Waals surface area contributed by atoms with E-state index in [0.717, 1.165) is 22.7 Å². The number of ketones is 1. The Bertz CT molecular complexity index is 906. The predicted octanol–water partition coefficient (Wildman–Crippen LogP) is 4.74. The zero-order chi connectivity index (χ0) is 18.1. The summed E-state index contributed by atoms with van der Waals surface area (Å²) in [7, 11) is 0. The van der Waals surface area contributed by atoms with E-state index in [0.29, 0.717) is 11.8 Å². The summed E-state index contributed by atoms with van der Waals surface area (Å²) in [5.41, 5.74) is 5.53. The third-order valence-corrected chi connectivity index (χ3v) is 5.91. The number of benzene rings is 1. The Morgan fingerprint density at radius 1 is 1.23 bits per heavy atom. The van der Waals surface area contributed by atoms with Crippen molar-refractivity contribution in [3.05, 3.63) is 71.3 Å². The van der Waals surface area contributed by atoms with Crippen molar-refractivity contribution in [2.75, 3.05) is 5.75 Å². The molecule has 1 fully saturated rings. The van der Waals surface area contributed by atoms with Gasteiger partial charge in [-0.25, -0.2) is 4.68 Å². The summed E-state index contributed by atoms with van der Waals surface area (Å²) in [6.45, 7) is 4.19. The molecular formula is C21H23N3OS. The summed E-state index contributed by atoms with van der Waals surface area (Å²) >= 11 is 1.68. The lowest BCUT2D eigenvalue weighted by atomic mass is 10.2. The molecule has 5 heteroatoms. The molecule has 2 heterocycles. The van der Waals surface area contributed by atoms with Gasteiger partial charge in [-0.1, -0.05) is 12.1 Å². The minimum absolute atomic E-state index is 0.239. The first kappa shape index (κ1) is 17.2. The van der Waals surface area contributed by atoms with Gasteiger partial charge in [0.25, 0.3) is 0 Å². The van der Waals surface area contributed by atoms with Gasteiger partial charge >= 0.3 is 0 Å². The van der Waals surface area contributed by atoms with Gasteiger partial charge in [0.15, 0.2) is 5.78 Å². The number of Topliss-reactive ketones (excluding diaryl/α,β-unsaturated/α-hetero) is 1. The van der Waals surface area contributed by atoms with Gasteiger partial charge in [0.1, 0.15) is 0 Å². The predicted molar refractivity (Wildman–Crippen MR) is 106 cm³/mol. The molecule has 0 aliphatic heterocycles. The number of aromatic nitrogens is 3. The lowest BCUT2D eigenvalue weighted by Crippen LogP contribution is -2.06. The van der Waals surface area contributed by atoms with Gasteiger partial charge in [0.2, 0.25) is 0 Å². The fourth-order valence-corrected chi connectivity index (χ4v) is 4.33. The van der Waals surface area contributed by atoms with Crippen molar-refractivity contribution in [2.45, 2.75) is 38.5 Å². The van der Waals surface area contributed by atoms with Gasteiger partial charge in [0.05, 0.1) is 11.4 Å². The maximum atomic E-state index is 12.6. The molecule has 2 aromatic heterocycles. The minimum atomic E-state index is 0.239. The molecule has 0 bridgehead atoms. The van der Waals surface area contributed by atoms with Crippen LogP contribution in [-0.2, 0) is 5.75 Å². The van der Waals surface area contributed by atoms with Crippen molar-refractivity contribution in [1.29, 1.82) is 0 Å².